The first-order valence-corrected chi connectivity index (χ1v) is 8.42. The van der Waals surface area contributed by atoms with E-state index >= 15 is 0 Å². The number of aryl methyl sites for hydroxylation is 1. The molecule has 8 nitrogen and oxygen atoms in total. The first kappa shape index (κ1) is 16.8. The Kier molecular flexibility index (Phi) is 4.03. The number of aromatic nitrogens is 3. The van der Waals surface area contributed by atoms with Gasteiger partial charge in [-0.25, -0.2) is 13.9 Å². The number of fused-ring (bicyclic) bond motifs is 1. The Morgan fingerprint density at radius 2 is 2.19 bits per heavy atom. The summed E-state index contributed by atoms with van der Waals surface area (Å²) in [6.45, 7) is 0.963. The molecule has 0 saturated heterocycles. The first-order valence-electron chi connectivity index (χ1n) is 8.04. The number of carbonyl (C=O) groups is 1. The second-order valence-corrected chi connectivity index (χ2v) is 6.58. The standard InChI is InChI=1S/C16H15ClFN5O3/c1-21-16(25)23-6-5-22(8-13(23)19-21)15(24)12-7-11(20-26-12)9-3-2-4-10(17)14(9)18/h2-4,12H,5-8H2,1H3. The largest absolute Gasteiger partial charge is 0.382 e. The van der Waals surface area contributed by atoms with Gasteiger partial charge in [-0.1, -0.05) is 22.8 Å². The van der Waals surface area contributed by atoms with Crippen LogP contribution in [0.4, 0.5) is 4.39 Å². The number of benzene rings is 1. The predicted octanol–water partition coefficient (Wildman–Crippen LogP) is 0.910. The van der Waals surface area contributed by atoms with Gasteiger partial charge in [0.15, 0.2) is 11.6 Å². The van der Waals surface area contributed by atoms with Crippen molar-refractivity contribution in [1.82, 2.24) is 19.2 Å². The Balaban J connectivity index is 1.48. The quantitative estimate of drug-likeness (QED) is 0.776. The third kappa shape index (κ3) is 2.68. The summed E-state index contributed by atoms with van der Waals surface area (Å²) in [7, 11) is 1.57. The van der Waals surface area contributed by atoms with E-state index in [1.54, 1.807) is 28.6 Å². The van der Waals surface area contributed by atoms with Crippen molar-refractivity contribution in [2.24, 2.45) is 12.2 Å². The summed E-state index contributed by atoms with van der Waals surface area (Å²) in [6, 6.07) is 4.60. The van der Waals surface area contributed by atoms with Gasteiger partial charge in [-0.05, 0) is 12.1 Å². The SMILES string of the molecule is Cn1nc2n(c1=O)CCN(C(=O)C1CC(c3cccc(Cl)c3F)=NO1)C2. The van der Waals surface area contributed by atoms with Crippen molar-refractivity contribution in [2.75, 3.05) is 6.54 Å². The molecule has 0 saturated carbocycles. The van der Waals surface area contributed by atoms with Crippen LogP contribution in [0, 0.1) is 5.82 Å². The second kappa shape index (κ2) is 6.24. The number of carbonyl (C=O) groups excluding carboxylic acids is 1. The first-order chi connectivity index (χ1) is 12.5. The fourth-order valence-corrected chi connectivity index (χ4v) is 3.33. The van der Waals surface area contributed by atoms with Gasteiger partial charge in [-0.15, -0.1) is 0 Å². The van der Waals surface area contributed by atoms with E-state index in [9.17, 15) is 14.0 Å². The molecule has 3 heterocycles. The maximum absolute atomic E-state index is 14.1. The molecule has 136 valence electrons. The minimum Gasteiger partial charge on any atom is -0.382 e. The van der Waals surface area contributed by atoms with Crippen molar-refractivity contribution in [3.8, 4) is 0 Å². The minimum atomic E-state index is -0.828. The van der Waals surface area contributed by atoms with Crippen molar-refractivity contribution >= 4 is 23.2 Å². The number of hydrogen-bond acceptors (Lipinski definition) is 5. The zero-order valence-corrected chi connectivity index (χ0v) is 14.6. The van der Waals surface area contributed by atoms with Gasteiger partial charge in [-0.2, -0.15) is 5.10 Å². The number of hydrogen-bond donors (Lipinski definition) is 0. The fourth-order valence-electron chi connectivity index (χ4n) is 3.15. The van der Waals surface area contributed by atoms with Crippen LogP contribution in [0.1, 0.15) is 17.8 Å². The van der Waals surface area contributed by atoms with Gasteiger partial charge >= 0.3 is 5.69 Å². The van der Waals surface area contributed by atoms with Gasteiger partial charge in [0, 0.05) is 32.1 Å². The van der Waals surface area contributed by atoms with Crippen molar-refractivity contribution in [1.29, 1.82) is 0 Å². The number of nitrogens with zero attached hydrogens (tertiary/aromatic N) is 5. The smallest absolute Gasteiger partial charge is 0.345 e. The summed E-state index contributed by atoms with van der Waals surface area (Å²) in [4.78, 5) is 31.4. The van der Waals surface area contributed by atoms with E-state index in [0.717, 1.165) is 0 Å². The van der Waals surface area contributed by atoms with Crippen LogP contribution in [0.15, 0.2) is 28.1 Å². The Morgan fingerprint density at radius 1 is 1.38 bits per heavy atom. The highest BCUT2D eigenvalue weighted by Gasteiger charge is 2.35. The Labute approximate surface area is 152 Å². The van der Waals surface area contributed by atoms with Crippen LogP contribution in [0.5, 0.6) is 0 Å². The summed E-state index contributed by atoms with van der Waals surface area (Å²) in [5.41, 5.74) is 0.367. The molecule has 2 aromatic rings. The maximum Gasteiger partial charge on any atom is 0.345 e. The van der Waals surface area contributed by atoms with E-state index in [-0.39, 0.29) is 35.1 Å². The van der Waals surface area contributed by atoms with E-state index in [2.05, 4.69) is 10.3 Å². The molecule has 10 heteroatoms. The van der Waals surface area contributed by atoms with E-state index in [1.807, 2.05) is 0 Å². The highest BCUT2D eigenvalue weighted by Crippen LogP contribution is 2.25. The van der Waals surface area contributed by atoms with Crippen LogP contribution >= 0.6 is 11.6 Å². The third-order valence-corrected chi connectivity index (χ3v) is 4.82. The lowest BCUT2D eigenvalue weighted by atomic mass is 10.0. The lowest BCUT2D eigenvalue weighted by molar-refractivity contribution is -0.143. The van der Waals surface area contributed by atoms with Gasteiger partial charge in [-0.3, -0.25) is 9.36 Å². The van der Waals surface area contributed by atoms with Crippen LogP contribution in [-0.2, 0) is 29.8 Å². The molecule has 1 amide bonds. The molecule has 4 rings (SSSR count). The zero-order valence-electron chi connectivity index (χ0n) is 13.9. The van der Waals surface area contributed by atoms with Crippen LogP contribution < -0.4 is 5.69 Å². The van der Waals surface area contributed by atoms with Crippen molar-refractivity contribution in [3.63, 3.8) is 0 Å². The molecule has 0 N–H and O–H groups in total. The number of amides is 1. The zero-order chi connectivity index (χ0) is 18.4. The molecule has 1 aromatic heterocycles. The van der Waals surface area contributed by atoms with E-state index in [1.165, 1.54) is 10.7 Å². The topological polar surface area (TPSA) is 81.7 Å². The monoisotopic (exact) mass is 379 g/mol. The van der Waals surface area contributed by atoms with Gasteiger partial charge in [0.25, 0.3) is 5.91 Å². The van der Waals surface area contributed by atoms with Crippen LogP contribution in [0.25, 0.3) is 0 Å². The molecule has 0 bridgehead atoms. The van der Waals surface area contributed by atoms with E-state index in [4.69, 9.17) is 16.4 Å². The summed E-state index contributed by atoms with van der Waals surface area (Å²) in [5.74, 6) is -0.326. The van der Waals surface area contributed by atoms with E-state index < -0.39 is 11.9 Å². The molecular formula is C16H15ClFN5O3. The molecule has 0 radical (unpaired) electrons. The average molecular weight is 380 g/mol. The molecule has 26 heavy (non-hydrogen) atoms. The van der Waals surface area contributed by atoms with Gasteiger partial charge < -0.3 is 9.74 Å². The number of oxime groups is 1. The van der Waals surface area contributed by atoms with Gasteiger partial charge in [0.1, 0.15) is 0 Å². The van der Waals surface area contributed by atoms with Crippen LogP contribution in [-0.4, -0.2) is 43.5 Å². The molecule has 0 aliphatic carbocycles. The Bertz CT molecular complexity index is 983. The molecule has 1 unspecified atom stereocenters. The van der Waals surface area contributed by atoms with Crippen LogP contribution in [0.3, 0.4) is 0 Å². The average Bonchev–Trinajstić information content (AvgIpc) is 3.22. The highest BCUT2D eigenvalue weighted by atomic mass is 35.5. The van der Waals surface area contributed by atoms with Gasteiger partial charge in [0.2, 0.25) is 6.10 Å². The lowest BCUT2D eigenvalue weighted by Crippen LogP contribution is -2.45. The maximum atomic E-state index is 14.1. The van der Waals surface area contributed by atoms with E-state index in [0.29, 0.717) is 24.6 Å². The van der Waals surface area contributed by atoms with Crippen molar-refractivity contribution < 1.29 is 14.0 Å². The van der Waals surface area contributed by atoms with Gasteiger partial charge in [0.05, 0.1) is 17.3 Å². The number of halogens is 2. The molecule has 2 aliphatic rings. The molecule has 0 fully saturated rings. The molecule has 1 aromatic carbocycles. The summed E-state index contributed by atoms with van der Waals surface area (Å²) in [5, 5.41) is 7.99. The molecular weight excluding hydrogens is 365 g/mol. The fraction of sp³-hybridized carbons (Fsp3) is 0.375. The summed E-state index contributed by atoms with van der Waals surface area (Å²) < 4.78 is 16.9. The van der Waals surface area contributed by atoms with Crippen LogP contribution in [0.2, 0.25) is 5.02 Å². The number of rotatable bonds is 2. The summed E-state index contributed by atoms with van der Waals surface area (Å²) in [6.07, 6.45) is -0.674. The minimum absolute atomic E-state index is 0.0101. The lowest BCUT2D eigenvalue weighted by Gasteiger charge is -2.28. The second-order valence-electron chi connectivity index (χ2n) is 6.17. The molecule has 0 spiro atoms. The predicted molar refractivity (Wildman–Crippen MR) is 90.3 cm³/mol. The summed E-state index contributed by atoms with van der Waals surface area (Å²) >= 11 is 5.79. The van der Waals surface area contributed by atoms with Crippen molar-refractivity contribution in [2.45, 2.75) is 25.6 Å². The highest BCUT2D eigenvalue weighted by molar-refractivity contribution is 6.31. The Morgan fingerprint density at radius 3 is 3.00 bits per heavy atom. The third-order valence-electron chi connectivity index (χ3n) is 4.53. The molecule has 1 atom stereocenters. The van der Waals surface area contributed by atoms with Crippen molar-refractivity contribution in [3.05, 3.63) is 50.9 Å². The normalized spacial score (nSPS) is 19.1. The Hall–Kier alpha value is -2.68. The molecule has 2 aliphatic heterocycles.